The van der Waals surface area contributed by atoms with Crippen LogP contribution in [-0.4, -0.2) is 18.5 Å². The van der Waals surface area contributed by atoms with Crippen LogP contribution in [0.1, 0.15) is 39.3 Å². The lowest BCUT2D eigenvalue weighted by Gasteiger charge is -2.14. The molecule has 4 nitrogen and oxygen atoms in total. The molecule has 2 aromatic rings. The predicted octanol–water partition coefficient (Wildman–Crippen LogP) is 4.42. The maximum atomic E-state index is 10.4. The second-order valence-electron chi connectivity index (χ2n) is 6.29. The van der Waals surface area contributed by atoms with Gasteiger partial charge in [-0.15, -0.1) is 0 Å². The number of hydrogen-bond donors (Lipinski definition) is 1. The molecule has 1 N–H and O–H groups in total. The Kier molecular flexibility index (Phi) is 6.71. The first-order valence-electron chi connectivity index (χ1n) is 7.47. The smallest absolute Gasteiger partial charge is 0.293 e. The largest absolute Gasteiger partial charge is 0.462 e. The zero-order valence-corrected chi connectivity index (χ0v) is 13.6. The number of ether oxygens (including phenoxy) is 1. The molecule has 1 aliphatic carbocycles. The second-order valence-corrected chi connectivity index (χ2v) is 6.29. The fraction of sp³-hybridized carbons (Fsp3) is 0.300. The van der Waals surface area contributed by atoms with E-state index in [0.29, 0.717) is 12.9 Å². The summed E-state index contributed by atoms with van der Waals surface area (Å²) in [7, 11) is 0. The molecule has 2 aromatic carbocycles. The molecular weight excluding hydrogens is 302 g/mol. The zero-order valence-electron chi connectivity index (χ0n) is 13.6. The number of benzene rings is 2. The highest BCUT2D eigenvalue weighted by molar-refractivity contribution is 5.80. The van der Waals surface area contributed by atoms with Crippen molar-refractivity contribution in [1.82, 2.24) is 0 Å². The van der Waals surface area contributed by atoms with E-state index < -0.39 is 0 Å². The van der Waals surface area contributed by atoms with Crippen molar-refractivity contribution in [3.63, 3.8) is 0 Å². The molecule has 0 radical (unpaired) electrons. The Morgan fingerprint density at radius 1 is 1.00 bits per heavy atom. The number of anilines is 1. The summed E-state index contributed by atoms with van der Waals surface area (Å²) in [4.78, 5) is 20.0. The van der Waals surface area contributed by atoms with Gasteiger partial charge in [0.2, 0.25) is 6.41 Å². The number of carbonyl (C=O) groups is 2. The Balaban J connectivity index is 0.000000312. The maximum absolute atomic E-state index is 10.4. The lowest BCUT2D eigenvalue weighted by Crippen LogP contribution is -2.17. The Labute approximate surface area is 143 Å². The number of amides is 1. The molecule has 0 fully saturated rings. The van der Waals surface area contributed by atoms with Gasteiger partial charge in [-0.25, -0.2) is 0 Å². The average molecular weight is 327 g/mol. The number of rotatable bonds is 3. The van der Waals surface area contributed by atoms with Crippen LogP contribution in [-0.2, 0) is 20.7 Å². The van der Waals surface area contributed by atoms with E-state index >= 15 is 0 Å². The van der Waals surface area contributed by atoms with Crippen molar-refractivity contribution in [2.75, 3.05) is 5.32 Å². The van der Waals surface area contributed by atoms with Crippen molar-refractivity contribution < 1.29 is 14.3 Å². The van der Waals surface area contributed by atoms with Crippen LogP contribution < -0.4 is 5.32 Å². The molecule has 0 saturated heterocycles. The molecule has 128 valence electrons. The van der Waals surface area contributed by atoms with E-state index in [-0.39, 0.29) is 13.0 Å². The third kappa shape index (κ3) is 4.95. The third-order valence-corrected chi connectivity index (χ3v) is 3.42. The summed E-state index contributed by atoms with van der Waals surface area (Å²) in [5, 5.41) is 2.68. The minimum Gasteiger partial charge on any atom is -0.462 e. The Morgan fingerprint density at radius 2 is 1.67 bits per heavy atom. The van der Waals surface area contributed by atoms with E-state index in [4.69, 9.17) is 0 Å². The van der Waals surface area contributed by atoms with E-state index in [0.717, 1.165) is 12.1 Å². The van der Waals surface area contributed by atoms with E-state index in [1.54, 1.807) is 0 Å². The molecule has 3 rings (SSSR count). The molecule has 0 atom stereocenters. The standard InChI is InChI=1S/C14H11NO.C5H10O2.CH4/c16-9-15-12-5-6-14-11(8-12)7-10-3-1-2-4-13(10)14;1-5(2,3)7-4-6;/h1-6,8-9H,7H2,(H,15,16);4H,1-3H3;1H4. The molecule has 4 heteroatoms. The van der Waals surface area contributed by atoms with Gasteiger partial charge >= 0.3 is 0 Å². The Bertz CT molecular complexity index is 702. The minimum absolute atomic E-state index is 0. The van der Waals surface area contributed by atoms with Crippen LogP contribution in [0.25, 0.3) is 11.1 Å². The highest BCUT2D eigenvalue weighted by Crippen LogP contribution is 2.37. The van der Waals surface area contributed by atoms with Crippen molar-refractivity contribution >= 4 is 18.6 Å². The summed E-state index contributed by atoms with van der Waals surface area (Å²) >= 11 is 0. The van der Waals surface area contributed by atoms with Crippen LogP contribution in [0.2, 0.25) is 0 Å². The fourth-order valence-corrected chi connectivity index (χ4v) is 2.45. The SMILES string of the molecule is C.CC(C)(C)OC=O.O=CNc1ccc2c(c1)Cc1ccccc1-2. The maximum Gasteiger partial charge on any atom is 0.293 e. The summed E-state index contributed by atoms with van der Waals surface area (Å²) in [6.45, 7) is 5.92. The molecule has 0 bridgehead atoms. The van der Waals surface area contributed by atoms with Gasteiger partial charge in [-0.3, -0.25) is 9.59 Å². The molecule has 0 unspecified atom stereocenters. The van der Waals surface area contributed by atoms with Gasteiger partial charge in [0.05, 0.1) is 0 Å². The van der Waals surface area contributed by atoms with E-state index in [9.17, 15) is 9.59 Å². The summed E-state index contributed by atoms with van der Waals surface area (Å²) in [6.07, 6.45) is 1.67. The number of nitrogens with one attached hydrogen (secondary N) is 1. The van der Waals surface area contributed by atoms with Crippen LogP contribution in [0.15, 0.2) is 42.5 Å². The lowest BCUT2D eigenvalue weighted by atomic mass is 10.1. The van der Waals surface area contributed by atoms with E-state index in [1.807, 2.05) is 32.9 Å². The van der Waals surface area contributed by atoms with E-state index in [2.05, 4.69) is 40.4 Å². The normalized spacial score (nSPS) is 11.0. The molecule has 0 aromatic heterocycles. The van der Waals surface area contributed by atoms with Crippen LogP contribution in [0.5, 0.6) is 0 Å². The number of hydrogen-bond acceptors (Lipinski definition) is 3. The van der Waals surface area contributed by atoms with Gasteiger partial charge in [0, 0.05) is 5.69 Å². The van der Waals surface area contributed by atoms with Crippen molar-refractivity contribution in [2.45, 2.75) is 40.2 Å². The molecule has 24 heavy (non-hydrogen) atoms. The zero-order chi connectivity index (χ0) is 16.9. The summed E-state index contributed by atoms with van der Waals surface area (Å²) in [5.41, 5.74) is 5.79. The Hall–Kier alpha value is -2.62. The minimum atomic E-state index is -0.318. The van der Waals surface area contributed by atoms with Gasteiger partial charge in [0.15, 0.2) is 0 Å². The first kappa shape index (κ1) is 19.4. The lowest BCUT2D eigenvalue weighted by molar-refractivity contribution is -0.138. The summed E-state index contributed by atoms with van der Waals surface area (Å²) in [5.74, 6) is 0. The van der Waals surface area contributed by atoms with Crippen LogP contribution >= 0.6 is 0 Å². The molecule has 0 heterocycles. The number of carbonyl (C=O) groups excluding carboxylic acids is 2. The highest BCUT2D eigenvalue weighted by atomic mass is 16.5. The van der Waals surface area contributed by atoms with Crippen molar-refractivity contribution in [3.8, 4) is 11.1 Å². The molecule has 0 aliphatic heterocycles. The third-order valence-electron chi connectivity index (χ3n) is 3.42. The average Bonchev–Trinajstić information content (AvgIpc) is 2.84. The molecule has 0 saturated carbocycles. The van der Waals surface area contributed by atoms with Crippen molar-refractivity contribution in [3.05, 3.63) is 53.6 Å². The highest BCUT2D eigenvalue weighted by Gasteiger charge is 2.17. The van der Waals surface area contributed by atoms with Gasteiger partial charge in [-0.05, 0) is 61.6 Å². The van der Waals surface area contributed by atoms with Crippen LogP contribution in [0.4, 0.5) is 5.69 Å². The van der Waals surface area contributed by atoms with Crippen LogP contribution in [0, 0.1) is 0 Å². The molecular formula is C20H25NO3. The topological polar surface area (TPSA) is 55.4 Å². The van der Waals surface area contributed by atoms with Gasteiger partial charge < -0.3 is 10.1 Å². The fourth-order valence-electron chi connectivity index (χ4n) is 2.45. The first-order valence-corrected chi connectivity index (χ1v) is 7.47. The van der Waals surface area contributed by atoms with Crippen LogP contribution in [0.3, 0.4) is 0 Å². The summed E-state index contributed by atoms with van der Waals surface area (Å²) < 4.78 is 4.55. The molecule has 1 aliphatic rings. The van der Waals surface area contributed by atoms with Gasteiger partial charge in [0.1, 0.15) is 5.60 Å². The molecule has 1 amide bonds. The second kappa shape index (κ2) is 8.29. The van der Waals surface area contributed by atoms with Gasteiger partial charge in [-0.2, -0.15) is 0 Å². The quantitative estimate of drug-likeness (QED) is 0.725. The van der Waals surface area contributed by atoms with E-state index in [1.165, 1.54) is 22.3 Å². The molecule has 0 spiro atoms. The summed E-state index contributed by atoms with van der Waals surface area (Å²) in [6, 6.07) is 14.5. The first-order chi connectivity index (χ1) is 10.9. The Morgan fingerprint density at radius 3 is 2.25 bits per heavy atom. The monoisotopic (exact) mass is 327 g/mol. The predicted molar refractivity (Wildman–Crippen MR) is 98.0 cm³/mol. The van der Waals surface area contributed by atoms with Gasteiger partial charge in [0.25, 0.3) is 6.47 Å². The van der Waals surface area contributed by atoms with Crippen molar-refractivity contribution in [1.29, 1.82) is 0 Å². The number of fused-ring (bicyclic) bond motifs is 3. The van der Waals surface area contributed by atoms with Crippen molar-refractivity contribution in [2.24, 2.45) is 0 Å². The van der Waals surface area contributed by atoms with Gasteiger partial charge in [-0.1, -0.05) is 37.8 Å².